The second kappa shape index (κ2) is 6.14. The first kappa shape index (κ1) is 13.3. The van der Waals surface area contributed by atoms with Crippen molar-refractivity contribution in [3.8, 4) is 0 Å². The Hall–Kier alpha value is -2.15. The van der Waals surface area contributed by atoms with Gasteiger partial charge in [-0.15, -0.1) is 0 Å². The smallest absolute Gasteiger partial charge is 0.319 e. The summed E-state index contributed by atoms with van der Waals surface area (Å²) < 4.78 is 5.38. The van der Waals surface area contributed by atoms with Gasteiger partial charge in [0.1, 0.15) is 0 Å². The van der Waals surface area contributed by atoms with Gasteiger partial charge in [0.2, 0.25) is 0 Å². The molecule has 1 atom stereocenters. The summed E-state index contributed by atoms with van der Waals surface area (Å²) in [6, 6.07) is 5.32. The van der Waals surface area contributed by atoms with Crippen molar-refractivity contribution in [2.45, 2.75) is 18.9 Å². The number of nitrogens with one attached hydrogen (secondary N) is 2. The number of rotatable bonds is 4. The molecule has 2 rings (SSSR count). The molecular weight excluding hydrogens is 250 g/mol. The molecule has 19 heavy (non-hydrogen) atoms. The second-order valence-electron chi connectivity index (χ2n) is 4.27. The summed E-state index contributed by atoms with van der Waals surface area (Å²) in [5.41, 5.74) is 0.501. The first-order valence-corrected chi connectivity index (χ1v) is 6.06. The number of ether oxygens (including phenoxy) is 1. The van der Waals surface area contributed by atoms with E-state index < -0.39 is 4.92 Å². The predicted octanol–water partition coefficient (Wildman–Crippen LogP) is 1.90. The maximum Gasteiger partial charge on any atom is 0.319 e. The molecule has 2 amide bonds. The van der Waals surface area contributed by atoms with Crippen LogP contribution < -0.4 is 10.6 Å². The van der Waals surface area contributed by atoms with E-state index in [1.165, 1.54) is 24.3 Å². The zero-order valence-electron chi connectivity index (χ0n) is 10.3. The van der Waals surface area contributed by atoms with Gasteiger partial charge in [-0.25, -0.2) is 4.79 Å². The average molecular weight is 265 g/mol. The molecule has 1 aromatic carbocycles. The lowest BCUT2D eigenvalue weighted by Gasteiger charge is -2.11. The first-order valence-electron chi connectivity index (χ1n) is 6.06. The Balaban J connectivity index is 1.79. The minimum atomic E-state index is -0.485. The summed E-state index contributed by atoms with van der Waals surface area (Å²) in [4.78, 5) is 21.6. The van der Waals surface area contributed by atoms with Crippen LogP contribution in [0.2, 0.25) is 0 Å². The van der Waals surface area contributed by atoms with Gasteiger partial charge in [0.25, 0.3) is 5.69 Å². The Kier molecular flexibility index (Phi) is 4.30. The van der Waals surface area contributed by atoms with Gasteiger partial charge in [-0.05, 0) is 25.0 Å². The van der Waals surface area contributed by atoms with E-state index in [0.717, 1.165) is 19.4 Å². The van der Waals surface area contributed by atoms with Crippen LogP contribution in [0.4, 0.5) is 16.2 Å². The predicted molar refractivity (Wildman–Crippen MR) is 69.1 cm³/mol. The molecular formula is C12H15N3O4. The molecule has 1 heterocycles. The lowest BCUT2D eigenvalue weighted by atomic mass is 10.2. The normalized spacial score (nSPS) is 18.0. The topological polar surface area (TPSA) is 93.5 Å². The molecule has 7 heteroatoms. The van der Waals surface area contributed by atoms with Crippen molar-refractivity contribution in [2.24, 2.45) is 0 Å². The van der Waals surface area contributed by atoms with Gasteiger partial charge in [0.05, 0.1) is 11.0 Å². The molecule has 2 N–H and O–H groups in total. The highest BCUT2D eigenvalue weighted by Gasteiger charge is 2.16. The summed E-state index contributed by atoms with van der Waals surface area (Å²) in [5.74, 6) is 0. The number of hydrogen-bond donors (Lipinski definition) is 2. The molecule has 7 nitrogen and oxygen atoms in total. The summed E-state index contributed by atoms with van der Waals surface area (Å²) in [6.45, 7) is 1.22. The molecule has 102 valence electrons. The highest BCUT2D eigenvalue weighted by Crippen LogP contribution is 2.15. The lowest BCUT2D eigenvalue weighted by molar-refractivity contribution is -0.384. The molecule has 0 bridgehead atoms. The van der Waals surface area contributed by atoms with Crippen molar-refractivity contribution >= 4 is 17.4 Å². The van der Waals surface area contributed by atoms with Crippen molar-refractivity contribution in [1.82, 2.24) is 5.32 Å². The van der Waals surface area contributed by atoms with Crippen LogP contribution in [0.5, 0.6) is 0 Å². The first-order chi connectivity index (χ1) is 9.15. The molecule has 0 aliphatic carbocycles. The number of nitro groups is 1. The van der Waals surface area contributed by atoms with Crippen molar-refractivity contribution in [3.63, 3.8) is 0 Å². The van der Waals surface area contributed by atoms with Crippen LogP contribution in [0.1, 0.15) is 12.8 Å². The number of non-ortho nitro benzene ring substituents is 1. The highest BCUT2D eigenvalue weighted by atomic mass is 16.6. The number of anilines is 1. The van der Waals surface area contributed by atoms with Crippen LogP contribution in [0, 0.1) is 10.1 Å². The summed E-state index contributed by atoms with van der Waals surface area (Å²) in [5, 5.41) is 15.8. The highest BCUT2D eigenvalue weighted by molar-refractivity contribution is 5.89. The molecule has 1 fully saturated rings. The molecule has 1 aromatic rings. The number of hydrogen-bond acceptors (Lipinski definition) is 4. The molecule has 0 aromatic heterocycles. The number of carbonyl (C=O) groups is 1. The number of amides is 2. The molecule has 1 unspecified atom stereocenters. The molecule has 0 saturated carbocycles. The minimum absolute atomic E-state index is 0.00897. The van der Waals surface area contributed by atoms with Crippen LogP contribution in [-0.2, 0) is 4.74 Å². The number of nitro benzene ring substituents is 1. The third-order valence-electron chi connectivity index (χ3n) is 2.85. The minimum Gasteiger partial charge on any atom is -0.376 e. The Morgan fingerprint density at radius 2 is 2.16 bits per heavy atom. The van der Waals surface area contributed by atoms with Crippen LogP contribution in [0.15, 0.2) is 24.3 Å². The monoisotopic (exact) mass is 265 g/mol. The standard InChI is InChI=1S/C12H15N3O4/c16-12(13-8-11-2-1-7-19-11)14-9-3-5-10(6-4-9)15(17)18/h3-6,11H,1-2,7-8H2,(H2,13,14,16). The van der Waals surface area contributed by atoms with E-state index in [0.29, 0.717) is 12.2 Å². The second-order valence-corrected chi connectivity index (χ2v) is 4.27. The quantitative estimate of drug-likeness (QED) is 0.642. The van der Waals surface area contributed by atoms with E-state index in [2.05, 4.69) is 10.6 Å². The Morgan fingerprint density at radius 3 is 2.74 bits per heavy atom. The van der Waals surface area contributed by atoms with Gasteiger partial charge in [0.15, 0.2) is 0 Å². The Labute approximate surface area is 110 Å². The van der Waals surface area contributed by atoms with Crippen molar-refractivity contribution in [1.29, 1.82) is 0 Å². The van der Waals surface area contributed by atoms with Crippen molar-refractivity contribution in [2.75, 3.05) is 18.5 Å². The van der Waals surface area contributed by atoms with E-state index in [4.69, 9.17) is 4.74 Å². The van der Waals surface area contributed by atoms with Crippen LogP contribution in [0.25, 0.3) is 0 Å². The van der Waals surface area contributed by atoms with Crippen LogP contribution in [-0.4, -0.2) is 30.2 Å². The van der Waals surface area contributed by atoms with Crippen LogP contribution in [0.3, 0.4) is 0 Å². The summed E-state index contributed by atoms with van der Waals surface area (Å²) in [7, 11) is 0. The number of nitrogens with zero attached hydrogens (tertiary/aromatic N) is 1. The van der Waals surface area contributed by atoms with Crippen molar-refractivity contribution in [3.05, 3.63) is 34.4 Å². The molecule has 1 aliphatic rings. The summed E-state index contributed by atoms with van der Waals surface area (Å²) in [6.07, 6.45) is 2.07. The van der Waals surface area contributed by atoms with Crippen molar-refractivity contribution < 1.29 is 14.5 Å². The number of benzene rings is 1. The molecule has 0 radical (unpaired) electrons. The third kappa shape index (κ3) is 3.92. The van der Waals surface area contributed by atoms with Crippen LogP contribution >= 0.6 is 0 Å². The maximum absolute atomic E-state index is 11.6. The zero-order chi connectivity index (χ0) is 13.7. The fourth-order valence-electron chi connectivity index (χ4n) is 1.85. The van der Waals surface area contributed by atoms with E-state index >= 15 is 0 Å². The van der Waals surface area contributed by atoms with E-state index in [-0.39, 0.29) is 17.8 Å². The average Bonchev–Trinajstić information content (AvgIpc) is 2.90. The van der Waals surface area contributed by atoms with E-state index in [1.807, 2.05) is 0 Å². The van der Waals surface area contributed by atoms with Gasteiger partial charge < -0.3 is 15.4 Å². The van der Waals surface area contributed by atoms with E-state index in [9.17, 15) is 14.9 Å². The fraction of sp³-hybridized carbons (Fsp3) is 0.417. The molecule has 1 saturated heterocycles. The SMILES string of the molecule is O=C(NCC1CCCO1)Nc1ccc([N+](=O)[O-])cc1. The van der Waals surface area contributed by atoms with Gasteiger partial charge in [0, 0.05) is 31.0 Å². The lowest BCUT2D eigenvalue weighted by Crippen LogP contribution is -2.34. The Bertz CT molecular complexity index is 455. The Morgan fingerprint density at radius 1 is 1.42 bits per heavy atom. The number of urea groups is 1. The van der Waals surface area contributed by atoms with Gasteiger partial charge in [-0.2, -0.15) is 0 Å². The third-order valence-corrected chi connectivity index (χ3v) is 2.85. The van der Waals surface area contributed by atoms with Gasteiger partial charge in [-0.3, -0.25) is 10.1 Å². The largest absolute Gasteiger partial charge is 0.376 e. The van der Waals surface area contributed by atoms with Gasteiger partial charge >= 0.3 is 6.03 Å². The summed E-state index contributed by atoms with van der Waals surface area (Å²) >= 11 is 0. The fourth-order valence-corrected chi connectivity index (χ4v) is 1.85. The zero-order valence-corrected chi connectivity index (χ0v) is 10.3. The molecule has 1 aliphatic heterocycles. The van der Waals surface area contributed by atoms with E-state index in [1.54, 1.807) is 0 Å². The number of carbonyl (C=O) groups excluding carboxylic acids is 1. The molecule has 0 spiro atoms. The van der Waals surface area contributed by atoms with Gasteiger partial charge in [-0.1, -0.05) is 0 Å². The maximum atomic E-state index is 11.6.